The topological polar surface area (TPSA) is 102 Å². The van der Waals surface area contributed by atoms with Crippen LogP contribution in [0.2, 0.25) is 0 Å². The van der Waals surface area contributed by atoms with Crippen molar-refractivity contribution in [1.82, 2.24) is 9.97 Å². The van der Waals surface area contributed by atoms with Crippen LogP contribution in [0, 0.1) is 4.77 Å². The van der Waals surface area contributed by atoms with Crippen molar-refractivity contribution in [3.63, 3.8) is 0 Å². The van der Waals surface area contributed by atoms with Crippen molar-refractivity contribution in [1.29, 1.82) is 0 Å². The first-order valence-corrected chi connectivity index (χ1v) is 10.1. The highest BCUT2D eigenvalue weighted by Gasteiger charge is 2.37. The zero-order valence-electron chi connectivity index (χ0n) is 17.1. The van der Waals surface area contributed by atoms with Crippen molar-refractivity contribution in [2.75, 3.05) is 18.2 Å². The average Bonchev–Trinajstić information content (AvgIpc) is 2.77. The van der Waals surface area contributed by atoms with Crippen LogP contribution in [0.15, 0.2) is 65.9 Å². The molecule has 158 valence electrons. The molecule has 1 atom stereocenters. The predicted octanol–water partition coefficient (Wildman–Crippen LogP) is 4.30. The minimum absolute atomic E-state index is 0.255. The Balaban J connectivity index is 1.85. The standard InChI is InChI=1S/C23H22N4O3S/c1-13-17(22(28)29-2)18(19-20(24)26-23(31)27-21(19)25-13)15-10-6-7-11-16(15)30-12-14-8-4-3-5-9-14/h3-11,18H,12H2,1-2H3,(H4,24,25,26,27,31). The third kappa shape index (κ3) is 4.02. The van der Waals surface area contributed by atoms with Crippen LogP contribution in [0.4, 0.5) is 11.6 Å². The minimum atomic E-state index is -0.546. The number of esters is 1. The summed E-state index contributed by atoms with van der Waals surface area (Å²) in [5, 5.41) is 3.14. The number of nitrogens with two attached hydrogens (primary N) is 1. The molecule has 0 aliphatic carbocycles. The number of nitrogens with one attached hydrogen (secondary N) is 2. The van der Waals surface area contributed by atoms with Crippen molar-refractivity contribution < 1.29 is 14.3 Å². The van der Waals surface area contributed by atoms with Crippen molar-refractivity contribution in [2.45, 2.75) is 19.4 Å². The second kappa shape index (κ2) is 8.61. The van der Waals surface area contributed by atoms with Crippen LogP contribution in [-0.2, 0) is 16.1 Å². The molecule has 0 saturated carbocycles. The lowest BCUT2D eigenvalue weighted by Gasteiger charge is -2.30. The Morgan fingerprint density at radius 2 is 1.87 bits per heavy atom. The van der Waals surface area contributed by atoms with E-state index in [1.807, 2.05) is 54.6 Å². The lowest BCUT2D eigenvalue weighted by atomic mass is 9.81. The number of methoxy groups -OCH3 is 1. The maximum absolute atomic E-state index is 12.8. The molecule has 0 spiro atoms. The number of hydrogen-bond donors (Lipinski definition) is 3. The normalized spacial score (nSPS) is 15.1. The number of benzene rings is 2. The maximum Gasteiger partial charge on any atom is 0.336 e. The molecule has 4 N–H and O–H groups in total. The van der Waals surface area contributed by atoms with E-state index in [2.05, 4.69) is 15.3 Å². The lowest BCUT2D eigenvalue weighted by molar-refractivity contribution is -0.136. The Morgan fingerprint density at radius 3 is 2.61 bits per heavy atom. The van der Waals surface area contributed by atoms with E-state index in [4.69, 9.17) is 27.4 Å². The summed E-state index contributed by atoms with van der Waals surface area (Å²) >= 11 is 5.19. The number of ether oxygens (including phenoxy) is 2. The van der Waals surface area contributed by atoms with E-state index in [0.717, 1.165) is 11.1 Å². The number of aromatic nitrogens is 2. The number of nitrogens with zero attached hydrogens (tertiary/aromatic N) is 1. The van der Waals surface area contributed by atoms with Gasteiger partial charge >= 0.3 is 5.97 Å². The van der Waals surface area contributed by atoms with E-state index in [9.17, 15) is 4.79 Å². The SMILES string of the molecule is COC(=O)C1=C(C)Nc2nc(=S)[nH]c(N)c2C1c1ccccc1OCc1ccccc1. The number of carbonyl (C=O) groups excluding carboxylic acids is 1. The van der Waals surface area contributed by atoms with Gasteiger partial charge in [-0.1, -0.05) is 48.5 Å². The van der Waals surface area contributed by atoms with Crippen LogP contribution < -0.4 is 15.8 Å². The molecule has 0 bridgehead atoms. The van der Waals surface area contributed by atoms with Crippen LogP contribution >= 0.6 is 12.2 Å². The first kappa shape index (κ1) is 20.6. The number of aromatic amines is 1. The quantitative estimate of drug-likeness (QED) is 0.406. The number of nitrogen functional groups attached to an aromatic ring is 1. The van der Waals surface area contributed by atoms with Gasteiger partial charge in [0.15, 0.2) is 4.77 Å². The second-order valence-electron chi connectivity index (χ2n) is 7.12. The highest BCUT2D eigenvalue weighted by Crippen LogP contribution is 2.46. The molecule has 1 aromatic heterocycles. The molecule has 7 nitrogen and oxygen atoms in total. The summed E-state index contributed by atoms with van der Waals surface area (Å²) in [5.74, 6) is 0.476. The third-order valence-electron chi connectivity index (χ3n) is 5.16. The van der Waals surface area contributed by atoms with Crippen LogP contribution in [-0.4, -0.2) is 23.0 Å². The average molecular weight is 435 g/mol. The van der Waals surface area contributed by atoms with E-state index in [1.54, 1.807) is 6.92 Å². The van der Waals surface area contributed by atoms with E-state index in [-0.39, 0.29) is 4.77 Å². The van der Waals surface area contributed by atoms with E-state index >= 15 is 0 Å². The van der Waals surface area contributed by atoms with E-state index < -0.39 is 11.9 Å². The summed E-state index contributed by atoms with van der Waals surface area (Å²) in [7, 11) is 1.35. The zero-order chi connectivity index (χ0) is 22.0. The van der Waals surface area contributed by atoms with Gasteiger partial charge in [-0.3, -0.25) is 0 Å². The molecule has 0 saturated heterocycles. The molecule has 8 heteroatoms. The molecule has 1 unspecified atom stereocenters. The summed E-state index contributed by atoms with van der Waals surface area (Å²) in [6, 6.07) is 17.4. The molecule has 0 amide bonds. The van der Waals surface area contributed by atoms with Crippen LogP contribution in [0.3, 0.4) is 0 Å². The van der Waals surface area contributed by atoms with Gasteiger partial charge in [0, 0.05) is 16.8 Å². The molecule has 1 aliphatic heterocycles. The van der Waals surface area contributed by atoms with Gasteiger partial charge in [0.05, 0.1) is 18.6 Å². The summed E-state index contributed by atoms with van der Waals surface area (Å²) < 4.78 is 11.5. The number of para-hydroxylation sites is 1. The van der Waals surface area contributed by atoms with Gasteiger partial charge in [0.1, 0.15) is 24.0 Å². The molecule has 31 heavy (non-hydrogen) atoms. The van der Waals surface area contributed by atoms with Gasteiger partial charge < -0.3 is 25.5 Å². The summed E-state index contributed by atoms with van der Waals surface area (Å²) in [6.07, 6.45) is 0. The van der Waals surface area contributed by atoms with Gasteiger partial charge in [0.2, 0.25) is 0 Å². The molecule has 0 fully saturated rings. The Bertz CT molecular complexity index is 1220. The number of hydrogen-bond acceptors (Lipinski definition) is 7. The molecular formula is C23H22N4O3S. The number of anilines is 2. The van der Waals surface area contributed by atoms with Crippen molar-refractivity contribution in [3.8, 4) is 5.75 Å². The third-order valence-corrected chi connectivity index (χ3v) is 5.35. The minimum Gasteiger partial charge on any atom is -0.489 e. The Kier molecular flexibility index (Phi) is 5.73. The molecular weight excluding hydrogens is 412 g/mol. The lowest BCUT2D eigenvalue weighted by Crippen LogP contribution is -2.26. The number of fused-ring (bicyclic) bond motifs is 1. The Labute approximate surface area is 184 Å². The first-order chi connectivity index (χ1) is 15.0. The second-order valence-corrected chi connectivity index (χ2v) is 7.50. The Morgan fingerprint density at radius 1 is 1.16 bits per heavy atom. The summed E-state index contributed by atoms with van der Waals surface area (Å²) in [6.45, 7) is 2.18. The smallest absolute Gasteiger partial charge is 0.336 e. The van der Waals surface area contributed by atoms with Crippen molar-refractivity contribution >= 4 is 29.8 Å². The highest BCUT2D eigenvalue weighted by atomic mass is 32.1. The van der Waals surface area contributed by atoms with E-state index in [0.29, 0.717) is 40.8 Å². The largest absolute Gasteiger partial charge is 0.489 e. The number of carbonyl (C=O) groups is 1. The molecule has 1 aliphatic rings. The van der Waals surface area contributed by atoms with Crippen LogP contribution in [0.1, 0.15) is 29.5 Å². The first-order valence-electron chi connectivity index (χ1n) is 9.71. The molecule has 3 aromatic rings. The molecule has 2 aromatic carbocycles. The fourth-order valence-corrected chi connectivity index (χ4v) is 3.97. The fourth-order valence-electron chi connectivity index (χ4n) is 3.77. The van der Waals surface area contributed by atoms with Crippen molar-refractivity contribution in [2.24, 2.45) is 0 Å². The Hall–Kier alpha value is -3.65. The van der Waals surface area contributed by atoms with Gasteiger partial charge in [-0.05, 0) is 30.8 Å². The van der Waals surface area contributed by atoms with Crippen molar-refractivity contribution in [3.05, 3.63) is 87.3 Å². The number of H-pyrrole nitrogens is 1. The predicted molar refractivity (Wildman–Crippen MR) is 121 cm³/mol. The van der Waals surface area contributed by atoms with Crippen LogP contribution in [0.25, 0.3) is 0 Å². The number of allylic oxidation sites excluding steroid dienone is 1. The van der Waals surface area contributed by atoms with Gasteiger partial charge in [-0.25, -0.2) is 9.78 Å². The zero-order valence-corrected chi connectivity index (χ0v) is 18.0. The van der Waals surface area contributed by atoms with Gasteiger partial charge in [0.25, 0.3) is 0 Å². The fraction of sp³-hybridized carbons (Fsp3) is 0.174. The van der Waals surface area contributed by atoms with Gasteiger partial charge in [-0.15, -0.1) is 0 Å². The van der Waals surface area contributed by atoms with Crippen LogP contribution in [0.5, 0.6) is 5.75 Å². The molecule has 0 radical (unpaired) electrons. The number of rotatable bonds is 5. The monoisotopic (exact) mass is 434 g/mol. The van der Waals surface area contributed by atoms with E-state index in [1.165, 1.54) is 7.11 Å². The molecule has 4 rings (SSSR count). The highest BCUT2D eigenvalue weighted by molar-refractivity contribution is 7.71. The maximum atomic E-state index is 12.8. The summed E-state index contributed by atoms with van der Waals surface area (Å²) in [5.41, 5.74) is 9.81. The summed E-state index contributed by atoms with van der Waals surface area (Å²) in [4.78, 5) is 20.1. The molecule has 2 heterocycles. The van der Waals surface area contributed by atoms with Gasteiger partial charge in [-0.2, -0.15) is 0 Å².